The summed E-state index contributed by atoms with van der Waals surface area (Å²) in [6.07, 6.45) is -0.345. The molecular weight excluding hydrogens is 452 g/mol. The molecule has 0 saturated carbocycles. The van der Waals surface area contributed by atoms with E-state index in [1.54, 1.807) is 4.90 Å². The van der Waals surface area contributed by atoms with Crippen LogP contribution in [0.1, 0.15) is 32.1 Å². The molecule has 6 nitrogen and oxygen atoms in total. The molecule has 29 heavy (non-hydrogen) atoms. The molecule has 1 aromatic heterocycles. The van der Waals surface area contributed by atoms with Gasteiger partial charge in [-0.1, -0.05) is 77.9 Å². The monoisotopic (exact) mass is 470 g/mol. The number of ether oxygens (including phenoxy) is 1. The van der Waals surface area contributed by atoms with Gasteiger partial charge in [-0.25, -0.2) is 0 Å². The first kappa shape index (κ1) is 19.8. The van der Waals surface area contributed by atoms with Crippen LogP contribution in [-0.2, 0) is 4.79 Å². The molecule has 1 amide bonds. The summed E-state index contributed by atoms with van der Waals surface area (Å²) in [5.74, 6) is 1.14. The number of nitrogens with zero attached hydrogens (tertiary/aromatic N) is 4. The van der Waals surface area contributed by atoms with E-state index in [0.717, 1.165) is 27.0 Å². The van der Waals surface area contributed by atoms with Crippen molar-refractivity contribution in [2.24, 2.45) is 0 Å². The minimum absolute atomic E-state index is 0.0536. The van der Waals surface area contributed by atoms with Gasteiger partial charge < -0.3 is 4.74 Å². The number of hydrogen-bond acceptors (Lipinski definition) is 6. The second kappa shape index (κ2) is 8.51. The molecule has 0 spiro atoms. The maximum atomic E-state index is 13.1. The fourth-order valence-corrected chi connectivity index (χ4v) is 4.21. The lowest BCUT2D eigenvalue weighted by atomic mass is 10.1. The maximum absolute atomic E-state index is 13.1. The van der Waals surface area contributed by atoms with Gasteiger partial charge in [-0.2, -0.15) is 4.98 Å². The van der Waals surface area contributed by atoms with Crippen LogP contribution in [0.3, 0.4) is 0 Å². The van der Waals surface area contributed by atoms with E-state index in [1.807, 2.05) is 62.4 Å². The third-order valence-electron chi connectivity index (χ3n) is 4.53. The van der Waals surface area contributed by atoms with Gasteiger partial charge in [0.25, 0.3) is 0 Å². The first-order valence-electron chi connectivity index (χ1n) is 9.34. The van der Waals surface area contributed by atoms with Crippen LogP contribution in [-0.4, -0.2) is 26.8 Å². The van der Waals surface area contributed by atoms with Crippen molar-refractivity contribution in [3.63, 3.8) is 0 Å². The zero-order valence-electron chi connectivity index (χ0n) is 16.0. The highest BCUT2D eigenvalue weighted by atomic mass is 79.9. The van der Waals surface area contributed by atoms with Crippen molar-refractivity contribution in [3.8, 4) is 17.1 Å². The third-order valence-corrected chi connectivity index (χ3v) is 5.97. The van der Waals surface area contributed by atoms with Crippen LogP contribution in [0.5, 0.6) is 5.88 Å². The predicted octanol–water partition coefficient (Wildman–Crippen LogP) is 5.25. The Balaban J connectivity index is 1.97. The standard InChI is InChI=1S/C21H19BrN4O2S/c1-3-17(27)26-16-12-8-6-10-14(16)18-19(23-21(25-24-18)29-4-2)28-20(26)13-9-5-7-11-15(13)22/h5-12,20H,3-4H2,1-2H3/t20-/m1/s1. The summed E-state index contributed by atoms with van der Waals surface area (Å²) in [5, 5.41) is 9.18. The lowest BCUT2D eigenvalue weighted by molar-refractivity contribution is -0.120. The summed E-state index contributed by atoms with van der Waals surface area (Å²) in [7, 11) is 0. The minimum Gasteiger partial charge on any atom is -0.447 e. The quantitative estimate of drug-likeness (QED) is 0.485. The number of halogens is 1. The van der Waals surface area contributed by atoms with Crippen LogP contribution in [0.4, 0.5) is 5.69 Å². The van der Waals surface area contributed by atoms with Crippen molar-refractivity contribution in [2.45, 2.75) is 31.7 Å². The van der Waals surface area contributed by atoms with E-state index in [1.165, 1.54) is 11.8 Å². The fraction of sp³-hybridized carbons (Fsp3) is 0.238. The van der Waals surface area contributed by atoms with Crippen molar-refractivity contribution < 1.29 is 9.53 Å². The Bertz CT molecular complexity index is 1060. The highest BCUT2D eigenvalue weighted by Gasteiger charge is 2.36. The zero-order chi connectivity index (χ0) is 20.4. The Morgan fingerprint density at radius 1 is 1.14 bits per heavy atom. The molecule has 2 heterocycles. The van der Waals surface area contributed by atoms with E-state index >= 15 is 0 Å². The number of carbonyl (C=O) groups is 1. The molecule has 0 fully saturated rings. The molecule has 4 rings (SSSR count). The third kappa shape index (κ3) is 3.74. The first-order valence-corrected chi connectivity index (χ1v) is 11.1. The lowest BCUT2D eigenvalue weighted by Crippen LogP contribution is -2.37. The molecule has 0 saturated heterocycles. The number of amides is 1. The number of rotatable bonds is 4. The highest BCUT2D eigenvalue weighted by Crippen LogP contribution is 2.44. The van der Waals surface area contributed by atoms with Crippen LogP contribution in [0.25, 0.3) is 11.3 Å². The maximum Gasteiger partial charge on any atom is 0.247 e. The Hall–Kier alpha value is -2.45. The smallest absolute Gasteiger partial charge is 0.247 e. The van der Waals surface area contributed by atoms with E-state index in [0.29, 0.717) is 23.2 Å². The van der Waals surface area contributed by atoms with Crippen LogP contribution in [0.15, 0.2) is 58.2 Å². The molecule has 0 bridgehead atoms. The molecule has 148 valence electrons. The van der Waals surface area contributed by atoms with Crippen molar-refractivity contribution in [2.75, 3.05) is 10.7 Å². The Labute approximate surface area is 181 Å². The first-order chi connectivity index (χ1) is 14.1. The van der Waals surface area contributed by atoms with Crippen molar-refractivity contribution in [1.82, 2.24) is 15.2 Å². The normalized spacial score (nSPS) is 15.1. The molecule has 8 heteroatoms. The summed E-state index contributed by atoms with van der Waals surface area (Å²) in [6.45, 7) is 3.87. The Morgan fingerprint density at radius 2 is 1.90 bits per heavy atom. The molecule has 0 radical (unpaired) electrons. The summed E-state index contributed by atoms with van der Waals surface area (Å²) in [4.78, 5) is 19.4. The number of anilines is 1. The largest absolute Gasteiger partial charge is 0.447 e. The van der Waals surface area contributed by atoms with Crippen molar-refractivity contribution in [3.05, 3.63) is 58.6 Å². The average molecular weight is 471 g/mol. The van der Waals surface area contributed by atoms with Gasteiger partial charge in [-0.15, -0.1) is 10.2 Å². The second-order valence-corrected chi connectivity index (χ2v) is 8.39. The van der Waals surface area contributed by atoms with Gasteiger partial charge >= 0.3 is 0 Å². The molecule has 2 aromatic carbocycles. The summed E-state index contributed by atoms with van der Waals surface area (Å²) >= 11 is 5.10. The molecule has 1 aliphatic rings. The molecule has 0 unspecified atom stereocenters. The van der Waals surface area contributed by atoms with Crippen LogP contribution >= 0.6 is 27.7 Å². The highest BCUT2D eigenvalue weighted by molar-refractivity contribution is 9.10. The fourth-order valence-electron chi connectivity index (χ4n) is 3.22. The predicted molar refractivity (Wildman–Crippen MR) is 117 cm³/mol. The van der Waals surface area contributed by atoms with E-state index < -0.39 is 6.23 Å². The van der Waals surface area contributed by atoms with Gasteiger partial charge in [-0.3, -0.25) is 9.69 Å². The van der Waals surface area contributed by atoms with Crippen molar-refractivity contribution in [1.29, 1.82) is 0 Å². The topological polar surface area (TPSA) is 68.2 Å². The van der Waals surface area contributed by atoms with E-state index in [9.17, 15) is 4.79 Å². The number of aromatic nitrogens is 3. The average Bonchev–Trinajstić information content (AvgIpc) is 2.88. The number of hydrogen-bond donors (Lipinski definition) is 0. The molecule has 1 atom stereocenters. The molecular formula is C21H19BrN4O2S. The Morgan fingerprint density at radius 3 is 2.66 bits per heavy atom. The SMILES string of the molecule is CCSc1nnc2c(n1)O[C@H](c1ccccc1Br)N(C(=O)CC)c1ccccc1-2. The number of fused-ring (bicyclic) bond motifs is 3. The number of thioether (sulfide) groups is 1. The lowest BCUT2D eigenvalue weighted by Gasteiger charge is -2.31. The van der Waals surface area contributed by atoms with E-state index in [4.69, 9.17) is 4.74 Å². The second-order valence-electron chi connectivity index (χ2n) is 6.31. The Kier molecular flexibility index (Phi) is 5.82. The molecule has 0 N–H and O–H groups in total. The number of carbonyl (C=O) groups excluding carboxylic acids is 1. The van der Waals surface area contributed by atoms with Crippen molar-refractivity contribution >= 4 is 39.3 Å². The van der Waals surface area contributed by atoms with Crippen LogP contribution in [0.2, 0.25) is 0 Å². The van der Waals surface area contributed by atoms with Gasteiger partial charge in [0.1, 0.15) is 0 Å². The summed E-state index contributed by atoms with van der Waals surface area (Å²) in [5.41, 5.74) is 2.86. The summed E-state index contributed by atoms with van der Waals surface area (Å²) < 4.78 is 7.23. The molecule has 3 aromatic rings. The number of benzene rings is 2. The van der Waals surface area contributed by atoms with Gasteiger partial charge in [-0.05, 0) is 17.9 Å². The summed E-state index contributed by atoms with van der Waals surface area (Å²) in [6, 6.07) is 15.4. The van der Waals surface area contributed by atoms with E-state index in [-0.39, 0.29) is 5.91 Å². The molecule has 0 aliphatic carbocycles. The minimum atomic E-state index is -0.684. The van der Waals surface area contributed by atoms with Gasteiger partial charge in [0, 0.05) is 22.0 Å². The van der Waals surface area contributed by atoms with E-state index in [2.05, 4.69) is 31.1 Å². The van der Waals surface area contributed by atoms with Gasteiger partial charge in [0.15, 0.2) is 5.69 Å². The van der Waals surface area contributed by atoms with Crippen LogP contribution in [0, 0.1) is 0 Å². The van der Waals surface area contributed by atoms with Gasteiger partial charge in [0.2, 0.25) is 23.2 Å². The van der Waals surface area contributed by atoms with Gasteiger partial charge in [0.05, 0.1) is 5.69 Å². The zero-order valence-corrected chi connectivity index (χ0v) is 18.4. The van der Waals surface area contributed by atoms with Crippen LogP contribution < -0.4 is 9.64 Å². The molecule has 1 aliphatic heterocycles. The number of para-hydroxylation sites is 1.